The van der Waals surface area contributed by atoms with Crippen molar-refractivity contribution in [3.63, 3.8) is 0 Å². The molecule has 0 fully saturated rings. The molecule has 0 N–H and O–H groups in total. The molecule has 1 heterocycles. The van der Waals surface area contributed by atoms with Gasteiger partial charge >= 0.3 is 0 Å². The van der Waals surface area contributed by atoms with Gasteiger partial charge in [0, 0.05) is 6.04 Å². The molecule has 0 radical (unpaired) electrons. The monoisotopic (exact) mass is 279 g/mol. The third-order valence-electron chi connectivity index (χ3n) is 2.44. The molecule has 1 aromatic heterocycles. The second kappa shape index (κ2) is 6.01. The van der Waals surface area contributed by atoms with Crippen molar-refractivity contribution < 1.29 is 4.79 Å². The van der Waals surface area contributed by atoms with Crippen molar-refractivity contribution in [1.82, 2.24) is 4.90 Å². The molecule has 0 saturated carbocycles. The van der Waals surface area contributed by atoms with Gasteiger partial charge in [0.05, 0.1) is 16.4 Å². The van der Waals surface area contributed by atoms with Gasteiger partial charge in [0.2, 0.25) is 0 Å². The van der Waals surface area contributed by atoms with Gasteiger partial charge in [0.25, 0.3) is 0 Å². The Kier molecular flexibility index (Phi) is 5.25. The summed E-state index contributed by atoms with van der Waals surface area (Å²) in [5.74, 6) is 0.0312. The molecular weight excluding hydrogens is 265 g/mol. The zero-order valence-corrected chi connectivity index (χ0v) is 11.9. The van der Waals surface area contributed by atoms with E-state index in [4.69, 9.17) is 23.2 Å². The molecule has 0 spiro atoms. The number of nitrogens with zero attached hydrogens (tertiary/aromatic N) is 1. The standard InChI is InChI=1S/C11H15Cl2NOS/c1-4-14(7(2)3)6-9(15)8-5-10(12)16-11(8)13/h5,7H,4,6H2,1-3H3. The first-order chi connectivity index (χ1) is 7.45. The summed E-state index contributed by atoms with van der Waals surface area (Å²) in [6.07, 6.45) is 0. The Morgan fingerprint density at radius 3 is 2.50 bits per heavy atom. The molecule has 2 nitrogen and oxygen atoms in total. The van der Waals surface area contributed by atoms with E-state index in [0.29, 0.717) is 26.8 Å². The average Bonchev–Trinajstić information content (AvgIpc) is 2.53. The summed E-state index contributed by atoms with van der Waals surface area (Å²) < 4.78 is 1.04. The van der Waals surface area contributed by atoms with Crippen LogP contribution in [0.5, 0.6) is 0 Å². The maximum atomic E-state index is 12.0. The highest BCUT2D eigenvalue weighted by Gasteiger charge is 2.18. The summed E-state index contributed by atoms with van der Waals surface area (Å²) in [5, 5.41) is 0. The minimum absolute atomic E-state index is 0.0312. The molecule has 5 heteroatoms. The molecule has 90 valence electrons. The third kappa shape index (κ3) is 3.45. The zero-order chi connectivity index (χ0) is 12.3. The van der Waals surface area contributed by atoms with Gasteiger partial charge in [0.15, 0.2) is 5.78 Å². The lowest BCUT2D eigenvalue weighted by Gasteiger charge is -2.23. The predicted octanol–water partition coefficient (Wildman–Crippen LogP) is 3.97. The van der Waals surface area contributed by atoms with E-state index in [1.54, 1.807) is 6.07 Å². The van der Waals surface area contributed by atoms with Crippen LogP contribution in [-0.4, -0.2) is 29.8 Å². The van der Waals surface area contributed by atoms with Crippen molar-refractivity contribution in [1.29, 1.82) is 0 Å². The summed E-state index contributed by atoms with van der Waals surface area (Å²) in [7, 11) is 0. The average molecular weight is 280 g/mol. The SMILES string of the molecule is CCN(CC(=O)c1cc(Cl)sc1Cl)C(C)C. The summed E-state index contributed by atoms with van der Waals surface area (Å²) in [5.41, 5.74) is 0.538. The smallest absolute Gasteiger partial charge is 0.179 e. The van der Waals surface area contributed by atoms with Crippen LogP contribution < -0.4 is 0 Å². The van der Waals surface area contributed by atoms with Crippen LogP contribution >= 0.6 is 34.5 Å². The fraction of sp³-hybridized carbons (Fsp3) is 0.545. The largest absolute Gasteiger partial charge is 0.294 e. The second-order valence-corrected chi connectivity index (χ2v) is 6.10. The highest BCUT2D eigenvalue weighted by molar-refractivity contribution is 7.20. The topological polar surface area (TPSA) is 20.3 Å². The second-order valence-electron chi connectivity index (χ2n) is 3.82. The quantitative estimate of drug-likeness (QED) is 0.761. The summed E-state index contributed by atoms with van der Waals surface area (Å²) >= 11 is 13.0. The Hall–Kier alpha value is -0.0900. The minimum Gasteiger partial charge on any atom is -0.294 e. The fourth-order valence-corrected chi connectivity index (χ4v) is 2.96. The molecule has 0 atom stereocenters. The number of carbonyl (C=O) groups excluding carboxylic acids is 1. The summed E-state index contributed by atoms with van der Waals surface area (Å²) in [4.78, 5) is 14.1. The molecule has 1 rings (SSSR count). The predicted molar refractivity (Wildman–Crippen MR) is 71.1 cm³/mol. The van der Waals surface area contributed by atoms with Gasteiger partial charge in [-0.1, -0.05) is 30.1 Å². The lowest BCUT2D eigenvalue weighted by molar-refractivity contribution is 0.0912. The third-order valence-corrected chi connectivity index (χ3v) is 3.93. The van der Waals surface area contributed by atoms with Gasteiger partial charge in [0.1, 0.15) is 4.34 Å². The first-order valence-electron chi connectivity index (χ1n) is 5.17. The Bertz CT molecular complexity index is 376. The van der Waals surface area contributed by atoms with Gasteiger partial charge < -0.3 is 0 Å². The van der Waals surface area contributed by atoms with E-state index in [-0.39, 0.29) is 5.78 Å². The highest BCUT2D eigenvalue weighted by Crippen LogP contribution is 2.31. The Morgan fingerprint density at radius 2 is 2.12 bits per heavy atom. The van der Waals surface area contributed by atoms with Crippen molar-refractivity contribution in [3.8, 4) is 0 Å². The number of thiophene rings is 1. The zero-order valence-electron chi connectivity index (χ0n) is 9.59. The van der Waals surface area contributed by atoms with Gasteiger partial charge in [-0.2, -0.15) is 0 Å². The number of ketones is 1. The highest BCUT2D eigenvalue weighted by atomic mass is 35.5. The van der Waals surface area contributed by atoms with Crippen molar-refractivity contribution >= 4 is 40.3 Å². The lowest BCUT2D eigenvalue weighted by atomic mass is 10.2. The van der Waals surface area contributed by atoms with Crippen LogP contribution in [0.25, 0.3) is 0 Å². The number of hydrogen-bond donors (Lipinski definition) is 0. The number of carbonyl (C=O) groups is 1. The molecule has 0 amide bonds. The van der Waals surface area contributed by atoms with E-state index in [9.17, 15) is 4.79 Å². The molecule has 0 bridgehead atoms. The molecule has 0 aromatic carbocycles. The first-order valence-corrected chi connectivity index (χ1v) is 6.75. The Morgan fingerprint density at radius 1 is 1.50 bits per heavy atom. The van der Waals surface area contributed by atoms with Gasteiger partial charge in [-0.05, 0) is 26.5 Å². The van der Waals surface area contributed by atoms with Crippen LogP contribution in [0.2, 0.25) is 8.67 Å². The van der Waals surface area contributed by atoms with Gasteiger partial charge in [-0.25, -0.2) is 0 Å². The van der Waals surface area contributed by atoms with E-state index in [1.807, 2.05) is 6.92 Å². The number of likely N-dealkylation sites (N-methyl/N-ethyl adjacent to an activating group) is 1. The maximum absolute atomic E-state index is 12.0. The maximum Gasteiger partial charge on any atom is 0.179 e. The molecule has 1 aromatic rings. The number of rotatable bonds is 5. The van der Waals surface area contributed by atoms with E-state index in [2.05, 4.69) is 18.7 Å². The fourth-order valence-electron chi connectivity index (χ4n) is 1.46. The van der Waals surface area contributed by atoms with E-state index >= 15 is 0 Å². The van der Waals surface area contributed by atoms with Crippen LogP contribution in [0.4, 0.5) is 0 Å². The van der Waals surface area contributed by atoms with E-state index in [1.165, 1.54) is 11.3 Å². The summed E-state index contributed by atoms with van der Waals surface area (Å²) in [6.45, 7) is 7.41. The number of hydrogen-bond acceptors (Lipinski definition) is 3. The molecule has 0 aliphatic heterocycles. The molecule has 0 unspecified atom stereocenters. The van der Waals surface area contributed by atoms with Crippen molar-refractivity contribution in [3.05, 3.63) is 20.3 Å². The van der Waals surface area contributed by atoms with Crippen molar-refractivity contribution in [2.24, 2.45) is 0 Å². The van der Waals surface area contributed by atoms with Crippen LogP contribution in [0, 0.1) is 0 Å². The van der Waals surface area contributed by atoms with Crippen LogP contribution in [0.15, 0.2) is 6.07 Å². The number of Topliss-reactive ketones (excluding diaryl/α,β-unsaturated/α-hetero) is 1. The van der Waals surface area contributed by atoms with Crippen molar-refractivity contribution in [2.75, 3.05) is 13.1 Å². The minimum atomic E-state index is 0.0312. The molecular formula is C11H15Cl2NOS. The number of halogens is 2. The normalized spacial score (nSPS) is 11.4. The lowest BCUT2D eigenvalue weighted by Crippen LogP contribution is -2.35. The molecule has 0 saturated heterocycles. The molecule has 0 aliphatic rings. The van der Waals surface area contributed by atoms with Crippen molar-refractivity contribution in [2.45, 2.75) is 26.8 Å². The summed E-state index contributed by atoms with van der Waals surface area (Å²) in [6, 6.07) is 1.99. The molecule has 16 heavy (non-hydrogen) atoms. The van der Waals surface area contributed by atoms with E-state index in [0.717, 1.165) is 6.54 Å². The van der Waals surface area contributed by atoms with Gasteiger partial charge in [-0.3, -0.25) is 9.69 Å². The molecule has 0 aliphatic carbocycles. The first kappa shape index (κ1) is 14.0. The van der Waals surface area contributed by atoms with E-state index < -0.39 is 0 Å². The van der Waals surface area contributed by atoms with Crippen LogP contribution in [0.3, 0.4) is 0 Å². The van der Waals surface area contributed by atoms with Crippen LogP contribution in [0.1, 0.15) is 31.1 Å². The van der Waals surface area contributed by atoms with Gasteiger partial charge in [-0.15, -0.1) is 11.3 Å². The Labute approximate surface area is 110 Å². The Balaban J connectivity index is 2.75. The van der Waals surface area contributed by atoms with Crippen LogP contribution in [-0.2, 0) is 0 Å².